The van der Waals surface area contributed by atoms with Crippen LogP contribution in [0, 0.1) is 5.92 Å². The molecule has 10 nitrogen and oxygen atoms in total. The molecular weight excluding hydrogens is 436 g/mol. The normalized spacial score (nSPS) is 15.7. The Bertz CT molecular complexity index is 1110. The van der Waals surface area contributed by atoms with E-state index in [9.17, 15) is 9.59 Å². The van der Waals surface area contributed by atoms with Gasteiger partial charge >= 0.3 is 0 Å². The van der Waals surface area contributed by atoms with Crippen molar-refractivity contribution in [2.75, 3.05) is 30.4 Å². The van der Waals surface area contributed by atoms with Crippen molar-refractivity contribution in [1.29, 1.82) is 0 Å². The van der Waals surface area contributed by atoms with Gasteiger partial charge in [-0.15, -0.1) is 0 Å². The van der Waals surface area contributed by atoms with E-state index in [2.05, 4.69) is 25.3 Å². The van der Waals surface area contributed by atoms with Gasteiger partial charge in [0.15, 0.2) is 0 Å². The van der Waals surface area contributed by atoms with E-state index in [4.69, 9.17) is 15.0 Å². The molecule has 1 aliphatic heterocycles. The summed E-state index contributed by atoms with van der Waals surface area (Å²) in [5.74, 6) is 1.98. The summed E-state index contributed by atoms with van der Waals surface area (Å²) in [7, 11) is 1.61. The van der Waals surface area contributed by atoms with E-state index >= 15 is 0 Å². The smallest absolute Gasteiger partial charge is 0.226 e. The molecule has 0 spiro atoms. The first-order chi connectivity index (χ1) is 16.5. The number of primary amides is 1. The molecule has 1 atom stereocenters. The van der Waals surface area contributed by atoms with Crippen molar-refractivity contribution in [2.45, 2.75) is 32.1 Å². The Kier molecular flexibility index (Phi) is 7.36. The van der Waals surface area contributed by atoms with Crippen molar-refractivity contribution in [1.82, 2.24) is 15.1 Å². The lowest BCUT2D eigenvalue weighted by Gasteiger charge is -2.32. The van der Waals surface area contributed by atoms with Crippen LogP contribution >= 0.6 is 0 Å². The number of carbonyl (C=O) groups is 2. The fourth-order valence-electron chi connectivity index (χ4n) is 3.90. The molecule has 3 heterocycles. The van der Waals surface area contributed by atoms with Crippen LogP contribution in [0.2, 0.25) is 0 Å². The predicted octanol–water partition coefficient (Wildman–Crippen LogP) is 2.80. The number of nitrogens with two attached hydrogens (primary N) is 1. The zero-order valence-electron chi connectivity index (χ0n) is 19.1. The van der Waals surface area contributed by atoms with Gasteiger partial charge in [-0.1, -0.05) is 5.16 Å². The highest BCUT2D eigenvalue weighted by Gasteiger charge is 2.24. The summed E-state index contributed by atoms with van der Waals surface area (Å²) in [5.41, 5.74) is 6.90. The first-order valence-electron chi connectivity index (χ1n) is 11.3. The number of aromatic nitrogens is 3. The number of aryl methyl sites for hydroxylation is 1. The second-order valence-electron chi connectivity index (χ2n) is 8.23. The number of pyridine rings is 1. The van der Waals surface area contributed by atoms with E-state index in [1.165, 1.54) is 0 Å². The Labute approximate surface area is 197 Å². The first kappa shape index (κ1) is 23.2. The molecule has 3 aromatic rings. The lowest BCUT2D eigenvalue weighted by atomic mass is 9.97. The van der Waals surface area contributed by atoms with Gasteiger partial charge in [-0.3, -0.25) is 9.59 Å². The van der Waals surface area contributed by atoms with Crippen molar-refractivity contribution >= 4 is 23.3 Å². The molecule has 1 fully saturated rings. The average molecular weight is 465 g/mol. The fraction of sp³-hybridized carbons (Fsp3) is 0.375. The first-order valence-corrected chi connectivity index (χ1v) is 11.3. The number of nitrogens with one attached hydrogen (secondary N) is 1. The molecule has 1 aromatic carbocycles. The quantitative estimate of drug-likeness (QED) is 0.493. The van der Waals surface area contributed by atoms with Gasteiger partial charge in [0.25, 0.3) is 0 Å². The summed E-state index contributed by atoms with van der Waals surface area (Å²) in [6, 6.07) is 11.1. The molecule has 2 aromatic heterocycles. The third-order valence-corrected chi connectivity index (χ3v) is 5.79. The van der Waals surface area contributed by atoms with Crippen LogP contribution in [0.5, 0.6) is 5.75 Å². The number of benzene rings is 1. The molecule has 3 N–H and O–H groups in total. The van der Waals surface area contributed by atoms with E-state index in [1.807, 2.05) is 36.4 Å². The molecule has 1 aliphatic rings. The second-order valence-corrected chi connectivity index (χ2v) is 8.23. The number of methoxy groups -OCH3 is 1. The lowest BCUT2D eigenvalue weighted by molar-refractivity contribution is -0.122. The molecular formula is C24H28N6O4. The molecule has 1 unspecified atom stereocenters. The predicted molar refractivity (Wildman–Crippen MR) is 126 cm³/mol. The Morgan fingerprint density at radius 2 is 2.06 bits per heavy atom. The van der Waals surface area contributed by atoms with Crippen LogP contribution < -0.4 is 20.7 Å². The number of hydrogen-bond donors (Lipinski definition) is 2. The maximum absolute atomic E-state index is 12.3. The van der Waals surface area contributed by atoms with E-state index in [0.717, 1.165) is 36.5 Å². The maximum atomic E-state index is 12.3. The molecule has 0 saturated carbocycles. The van der Waals surface area contributed by atoms with Gasteiger partial charge in [0.05, 0.1) is 24.9 Å². The Morgan fingerprint density at radius 3 is 2.76 bits per heavy atom. The fourth-order valence-corrected chi connectivity index (χ4v) is 3.90. The summed E-state index contributed by atoms with van der Waals surface area (Å²) < 4.78 is 10.5. The molecule has 2 amide bonds. The Morgan fingerprint density at radius 1 is 1.24 bits per heavy atom. The number of amides is 2. The minimum Gasteiger partial charge on any atom is -0.497 e. The molecule has 34 heavy (non-hydrogen) atoms. The van der Waals surface area contributed by atoms with Gasteiger partial charge in [-0.05, 0) is 55.7 Å². The standard InChI is InChI=1S/C24H28N6O4/c1-33-19-10-7-16(8-11-19)24-28-22(34-29-24)6-2-5-21(31)27-18-9-12-20(26-14-18)30-13-3-4-17(15-30)23(25)32/h7-12,14,17H,2-6,13,15H2,1H3,(H2,25,32)(H,27,31). The largest absolute Gasteiger partial charge is 0.497 e. The summed E-state index contributed by atoms with van der Waals surface area (Å²) >= 11 is 0. The number of ether oxygens (including phenoxy) is 1. The van der Waals surface area contributed by atoms with Crippen LogP contribution in [0.3, 0.4) is 0 Å². The van der Waals surface area contributed by atoms with Crippen LogP contribution in [0.25, 0.3) is 11.4 Å². The molecule has 0 aliphatic carbocycles. The molecule has 1 saturated heterocycles. The number of carbonyl (C=O) groups excluding carboxylic acids is 2. The topological polar surface area (TPSA) is 136 Å². The van der Waals surface area contributed by atoms with Crippen molar-refractivity contribution in [3.63, 3.8) is 0 Å². The molecule has 178 valence electrons. The SMILES string of the molecule is COc1ccc(-c2noc(CCCC(=O)Nc3ccc(N4CCCC(C(N)=O)C4)nc3)n2)cc1. The third-order valence-electron chi connectivity index (χ3n) is 5.79. The summed E-state index contributed by atoms with van der Waals surface area (Å²) in [5, 5.41) is 6.86. The van der Waals surface area contributed by atoms with E-state index in [0.29, 0.717) is 43.2 Å². The van der Waals surface area contributed by atoms with Crippen molar-refractivity contribution in [3.8, 4) is 17.1 Å². The van der Waals surface area contributed by atoms with Crippen LogP contribution in [-0.4, -0.2) is 47.1 Å². The average Bonchev–Trinajstić information content (AvgIpc) is 3.33. The monoisotopic (exact) mass is 464 g/mol. The van der Waals surface area contributed by atoms with Gasteiger partial charge in [0.2, 0.25) is 23.5 Å². The maximum Gasteiger partial charge on any atom is 0.226 e. The second kappa shape index (κ2) is 10.8. The number of anilines is 2. The minimum atomic E-state index is -0.272. The van der Waals surface area contributed by atoms with Crippen molar-refractivity contribution < 1.29 is 18.8 Å². The van der Waals surface area contributed by atoms with Crippen LogP contribution in [-0.2, 0) is 16.0 Å². The van der Waals surface area contributed by atoms with Crippen molar-refractivity contribution in [3.05, 3.63) is 48.5 Å². The van der Waals surface area contributed by atoms with Gasteiger partial charge < -0.3 is 25.2 Å². The molecule has 4 rings (SSSR count). The molecule has 0 radical (unpaired) electrons. The van der Waals surface area contributed by atoms with Crippen LogP contribution in [0.1, 0.15) is 31.6 Å². The lowest BCUT2D eigenvalue weighted by Crippen LogP contribution is -2.41. The third kappa shape index (κ3) is 5.89. The highest BCUT2D eigenvalue weighted by molar-refractivity contribution is 5.90. The van der Waals surface area contributed by atoms with Gasteiger partial charge in [0, 0.05) is 31.5 Å². The minimum absolute atomic E-state index is 0.115. The van der Waals surface area contributed by atoms with E-state index in [1.54, 1.807) is 13.3 Å². The highest BCUT2D eigenvalue weighted by atomic mass is 16.5. The number of piperidine rings is 1. The summed E-state index contributed by atoms with van der Waals surface area (Å²) in [6.45, 7) is 1.40. The number of hydrogen-bond acceptors (Lipinski definition) is 8. The van der Waals surface area contributed by atoms with Crippen LogP contribution in [0.15, 0.2) is 47.1 Å². The van der Waals surface area contributed by atoms with E-state index in [-0.39, 0.29) is 17.7 Å². The number of nitrogens with zero attached hydrogens (tertiary/aromatic N) is 4. The zero-order valence-corrected chi connectivity index (χ0v) is 19.1. The molecule has 0 bridgehead atoms. The van der Waals surface area contributed by atoms with Gasteiger partial charge in [0.1, 0.15) is 11.6 Å². The van der Waals surface area contributed by atoms with Gasteiger partial charge in [-0.2, -0.15) is 4.98 Å². The Balaban J connectivity index is 1.23. The molecule has 10 heteroatoms. The summed E-state index contributed by atoms with van der Waals surface area (Å²) in [6.07, 6.45) is 4.73. The van der Waals surface area contributed by atoms with Crippen LogP contribution in [0.4, 0.5) is 11.5 Å². The highest BCUT2D eigenvalue weighted by Crippen LogP contribution is 2.23. The number of rotatable bonds is 9. The Hall–Kier alpha value is -3.95. The van der Waals surface area contributed by atoms with Gasteiger partial charge in [-0.25, -0.2) is 4.98 Å². The van der Waals surface area contributed by atoms with E-state index < -0.39 is 0 Å². The summed E-state index contributed by atoms with van der Waals surface area (Å²) in [4.78, 5) is 34.7. The zero-order chi connectivity index (χ0) is 23.9. The van der Waals surface area contributed by atoms with Crippen molar-refractivity contribution in [2.24, 2.45) is 11.7 Å².